The number of aromatic nitrogens is 2. The van der Waals surface area contributed by atoms with Gasteiger partial charge in [-0.3, -0.25) is 0 Å². The average Bonchev–Trinajstić information content (AvgIpc) is 2.59. The van der Waals surface area contributed by atoms with Crippen LogP contribution in [0.25, 0.3) is 11.0 Å². The van der Waals surface area contributed by atoms with Crippen LogP contribution in [0, 0.1) is 0 Å². The van der Waals surface area contributed by atoms with Crippen LogP contribution in [0.5, 0.6) is 0 Å². The van der Waals surface area contributed by atoms with E-state index in [1.54, 1.807) is 0 Å². The molecule has 15 heavy (non-hydrogen) atoms. The molecule has 80 valence electrons. The highest BCUT2D eigenvalue weighted by Crippen LogP contribution is 2.25. The fraction of sp³-hybridized carbons (Fsp3) is 0.462. The van der Waals surface area contributed by atoms with Crippen LogP contribution < -0.4 is 0 Å². The predicted octanol–water partition coefficient (Wildman–Crippen LogP) is 3.74. The number of para-hydroxylation sites is 1. The molecule has 0 unspecified atom stereocenters. The maximum atomic E-state index is 4.52. The Morgan fingerprint density at radius 3 is 2.47 bits per heavy atom. The molecule has 0 saturated heterocycles. The van der Waals surface area contributed by atoms with Crippen molar-refractivity contribution < 1.29 is 0 Å². The summed E-state index contributed by atoms with van der Waals surface area (Å²) in [6.07, 6.45) is 1.95. The molecule has 0 aliphatic carbocycles. The topological polar surface area (TPSA) is 17.8 Å². The van der Waals surface area contributed by atoms with Crippen molar-refractivity contribution in [2.45, 2.75) is 39.7 Å². The monoisotopic (exact) mass is 202 g/mol. The van der Waals surface area contributed by atoms with Gasteiger partial charge in [0, 0.05) is 6.04 Å². The molecule has 0 amide bonds. The summed E-state index contributed by atoms with van der Waals surface area (Å²) >= 11 is 0. The van der Waals surface area contributed by atoms with Crippen molar-refractivity contribution in [1.82, 2.24) is 9.55 Å². The van der Waals surface area contributed by atoms with Gasteiger partial charge < -0.3 is 4.57 Å². The van der Waals surface area contributed by atoms with Crippen LogP contribution in [0.3, 0.4) is 0 Å². The highest BCUT2D eigenvalue weighted by atomic mass is 15.1. The Hall–Kier alpha value is -1.31. The molecule has 1 heterocycles. The van der Waals surface area contributed by atoms with Gasteiger partial charge >= 0.3 is 0 Å². The third-order valence-electron chi connectivity index (χ3n) is 2.81. The summed E-state index contributed by atoms with van der Waals surface area (Å²) in [4.78, 5) is 4.52. The molecule has 0 aliphatic rings. The Bertz CT molecular complexity index is 466. The minimum absolute atomic E-state index is 0.470. The van der Waals surface area contributed by atoms with Gasteiger partial charge in [-0.25, -0.2) is 4.98 Å². The Morgan fingerprint density at radius 2 is 1.87 bits per heavy atom. The second kappa shape index (κ2) is 3.69. The van der Waals surface area contributed by atoms with Gasteiger partial charge in [-0.2, -0.15) is 0 Å². The maximum absolute atomic E-state index is 4.52. The Kier molecular flexibility index (Phi) is 2.51. The third kappa shape index (κ3) is 1.65. The largest absolute Gasteiger partial charge is 0.328 e. The predicted molar refractivity (Wildman–Crippen MR) is 64.2 cm³/mol. The minimum Gasteiger partial charge on any atom is -0.328 e. The van der Waals surface area contributed by atoms with Crippen molar-refractivity contribution in [3.8, 4) is 0 Å². The highest BCUT2D eigenvalue weighted by molar-refractivity contribution is 5.79. The molecule has 0 fully saturated rings. The summed E-state index contributed by atoms with van der Waals surface area (Å²) in [6.45, 7) is 8.79. The molecule has 0 aliphatic heterocycles. The SMILES string of the molecule is CC(C)c1cccc2c1ncn2C(C)C. The van der Waals surface area contributed by atoms with E-state index in [1.165, 1.54) is 11.1 Å². The van der Waals surface area contributed by atoms with E-state index in [2.05, 4.69) is 55.4 Å². The normalized spacial score (nSPS) is 11.9. The van der Waals surface area contributed by atoms with Crippen molar-refractivity contribution in [3.05, 3.63) is 30.1 Å². The number of rotatable bonds is 2. The summed E-state index contributed by atoms with van der Waals surface area (Å²) in [5.74, 6) is 0.532. The van der Waals surface area contributed by atoms with Crippen molar-refractivity contribution in [3.63, 3.8) is 0 Å². The summed E-state index contributed by atoms with van der Waals surface area (Å²) in [5, 5.41) is 0. The standard InChI is InChI=1S/C13H18N2/c1-9(2)11-6-5-7-12-13(11)14-8-15(12)10(3)4/h5-10H,1-4H3. The fourth-order valence-electron chi connectivity index (χ4n) is 1.96. The van der Waals surface area contributed by atoms with Crippen molar-refractivity contribution in [1.29, 1.82) is 0 Å². The third-order valence-corrected chi connectivity index (χ3v) is 2.81. The molecule has 0 N–H and O–H groups in total. The second-order valence-corrected chi connectivity index (χ2v) is 4.62. The van der Waals surface area contributed by atoms with Crippen LogP contribution in [-0.4, -0.2) is 9.55 Å². The summed E-state index contributed by atoms with van der Waals surface area (Å²) in [7, 11) is 0. The molecule has 1 aromatic heterocycles. The van der Waals surface area contributed by atoms with Gasteiger partial charge in [0.05, 0.1) is 17.4 Å². The smallest absolute Gasteiger partial charge is 0.0960 e. The fourth-order valence-corrected chi connectivity index (χ4v) is 1.96. The van der Waals surface area contributed by atoms with Crippen molar-refractivity contribution in [2.75, 3.05) is 0 Å². The first kappa shape index (κ1) is 10.2. The van der Waals surface area contributed by atoms with Gasteiger partial charge in [-0.1, -0.05) is 26.0 Å². The van der Waals surface area contributed by atoms with Crippen LogP contribution >= 0.6 is 0 Å². The Balaban J connectivity index is 2.69. The lowest BCUT2D eigenvalue weighted by Crippen LogP contribution is -1.98. The van der Waals surface area contributed by atoms with Gasteiger partial charge in [0.2, 0.25) is 0 Å². The Morgan fingerprint density at radius 1 is 1.13 bits per heavy atom. The molecular weight excluding hydrogens is 184 g/mol. The zero-order valence-corrected chi connectivity index (χ0v) is 9.86. The molecule has 0 atom stereocenters. The van der Waals surface area contributed by atoms with Crippen LogP contribution in [0.1, 0.15) is 45.2 Å². The van der Waals surface area contributed by atoms with E-state index in [1.807, 2.05) is 6.33 Å². The first-order chi connectivity index (χ1) is 7.11. The number of imidazole rings is 1. The van der Waals surface area contributed by atoms with Gasteiger partial charge in [0.25, 0.3) is 0 Å². The second-order valence-electron chi connectivity index (χ2n) is 4.62. The first-order valence-corrected chi connectivity index (χ1v) is 5.56. The lowest BCUT2D eigenvalue weighted by molar-refractivity contribution is 0.617. The van der Waals surface area contributed by atoms with E-state index in [4.69, 9.17) is 0 Å². The quantitative estimate of drug-likeness (QED) is 0.725. The van der Waals surface area contributed by atoms with Crippen LogP contribution in [-0.2, 0) is 0 Å². The lowest BCUT2D eigenvalue weighted by atomic mass is 10.0. The zero-order chi connectivity index (χ0) is 11.0. The van der Waals surface area contributed by atoms with Crippen LogP contribution in [0.15, 0.2) is 24.5 Å². The molecule has 2 aromatic rings. The van der Waals surface area contributed by atoms with Gasteiger partial charge in [-0.05, 0) is 31.4 Å². The van der Waals surface area contributed by atoms with Crippen molar-refractivity contribution in [2.24, 2.45) is 0 Å². The number of nitrogens with zero attached hydrogens (tertiary/aromatic N) is 2. The summed E-state index contributed by atoms with van der Waals surface area (Å²) in [6, 6.07) is 6.91. The molecular formula is C13H18N2. The summed E-state index contributed by atoms with van der Waals surface area (Å²) in [5.41, 5.74) is 3.74. The molecule has 1 aromatic carbocycles. The van der Waals surface area contributed by atoms with Gasteiger partial charge in [0.1, 0.15) is 0 Å². The van der Waals surface area contributed by atoms with E-state index in [9.17, 15) is 0 Å². The molecule has 0 saturated carbocycles. The zero-order valence-electron chi connectivity index (χ0n) is 9.86. The summed E-state index contributed by atoms with van der Waals surface area (Å²) < 4.78 is 2.22. The number of hydrogen-bond donors (Lipinski definition) is 0. The molecule has 0 spiro atoms. The van der Waals surface area contributed by atoms with E-state index in [0.717, 1.165) is 5.52 Å². The average molecular weight is 202 g/mol. The van der Waals surface area contributed by atoms with Crippen molar-refractivity contribution >= 4 is 11.0 Å². The van der Waals surface area contributed by atoms with E-state index in [-0.39, 0.29) is 0 Å². The van der Waals surface area contributed by atoms with Gasteiger partial charge in [-0.15, -0.1) is 0 Å². The molecule has 2 rings (SSSR count). The molecule has 2 heteroatoms. The number of benzene rings is 1. The van der Waals surface area contributed by atoms with E-state index >= 15 is 0 Å². The molecule has 2 nitrogen and oxygen atoms in total. The lowest BCUT2D eigenvalue weighted by Gasteiger charge is -2.09. The number of fused-ring (bicyclic) bond motifs is 1. The maximum Gasteiger partial charge on any atom is 0.0960 e. The molecule has 0 bridgehead atoms. The minimum atomic E-state index is 0.470. The van der Waals surface area contributed by atoms with Crippen LogP contribution in [0.2, 0.25) is 0 Å². The van der Waals surface area contributed by atoms with Gasteiger partial charge in [0.15, 0.2) is 0 Å². The van der Waals surface area contributed by atoms with Crippen LogP contribution in [0.4, 0.5) is 0 Å². The van der Waals surface area contributed by atoms with E-state index in [0.29, 0.717) is 12.0 Å². The van der Waals surface area contributed by atoms with E-state index < -0.39 is 0 Å². The number of hydrogen-bond acceptors (Lipinski definition) is 1. The molecule has 0 radical (unpaired) electrons. The Labute approximate surface area is 90.9 Å². The first-order valence-electron chi connectivity index (χ1n) is 5.56. The highest BCUT2D eigenvalue weighted by Gasteiger charge is 2.10.